The maximum absolute atomic E-state index is 13.8. The zero-order valence-electron chi connectivity index (χ0n) is 14.9. The van der Waals surface area contributed by atoms with Gasteiger partial charge in [-0.1, -0.05) is 41.5 Å². The number of phenols is 2. The number of aromatic hydroxyl groups is 2. The predicted octanol–water partition coefficient (Wildman–Crippen LogP) is 4.14. The molecule has 0 bridgehead atoms. The summed E-state index contributed by atoms with van der Waals surface area (Å²) in [5.74, 6) is -1.08. The van der Waals surface area contributed by atoms with E-state index in [1.165, 1.54) is 30.3 Å². The van der Waals surface area contributed by atoms with Crippen LogP contribution in [-0.2, 0) is 10.2 Å². The molecule has 0 saturated carbocycles. The lowest BCUT2D eigenvalue weighted by molar-refractivity contribution is -0.118. The summed E-state index contributed by atoms with van der Waals surface area (Å²) < 4.78 is 13.8. The maximum Gasteiger partial charge on any atom is 0.244 e. The highest BCUT2D eigenvalue weighted by Crippen LogP contribution is 2.52. The van der Waals surface area contributed by atoms with Crippen molar-refractivity contribution in [2.45, 2.75) is 19.3 Å². The van der Waals surface area contributed by atoms with E-state index in [1.807, 2.05) is 13.8 Å². The van der Waals surface area contributed by atoms with Gasteiger partial charge in [0.15, 0.2) is 0 Å². The highest BCUT2D eigenvalue weighted by molar-refractivity contribution is 6.12. The molecule has 0 aromatic heterocycles. The van der Waals surface area contributed by atoms with Gasteiger partial charge in [-0.15, -0.1) is 0 Å². The number of rotatable bonds is 2. The fourth-order valence-corrected chi connectivity index (χ4v) is 3.87. The topological polar surface area (TPSA) is 69.6 Å². The highest BCUT2D eigenvalue weighted by Gasteiger charge is 2.52. The van der Waals surface area contributed by atoms with Crippen LogP contribution < -0.4 is 5.32 Å². The number of nitrogens with one attached hydrogen (secondary N) is 1. The van der Waals surface area contributed by atoms with Gasteiger partial charge in [0.2, 0.25) is 5.91 Å². The minimum Gasteiger partial charge on any atom is -0.508 e. The maximum atomic E-state index is 13.8. The smallest absolute Gasteiger partial charge is 0.244 e. The van der Waals surface area contributed by atoms with Crippen molar-refractivity contribution in [1.82, 2.24) is 0 Å². The summed E-state index contributed by atoms with van der Waals surface area (Å²) in [5.41, 5.74) is 1.68. The first-order valence-electron chi connectivity index (χ1n) is 8.55. The average molecular weight is 363 g/mol. The van der Waals surface area contributed by atoms with Gasteiger partial charge < -0.3 is 15.5 Å². The van der Waals surface area contributed by atoms with Crippen molar-refractivity contribution in [3.05, 3.63) is 88.2 Å². The van der Waals surface area contributed by atoms with Crippen LogP contribution in [0.5, 0.6) is 11.5 Å². The Bertz CT molecular complexity index is 1040. The third-order valence-electron chi connectivity index (χ3n) is 5.09. The number of carbonyl (C=O) groups is 1. The van der Waals surface area contributed by atoms with Crippen LogP contribution in [0.25, 0.3) is 0 Å². The number of carbonyl (C=O) groups excluding carboxylic acids is 1. The van der Waals surface area contributed by atoms with Crippen molar-refractivity contribution in [2.24, 2.45) is 0 Å². The molecule has 1 aliphatic heterocycles. The first-order chi connectivity index (χ1) is 12.8. The summed E-state index contributed by atoms with van der Waals surface area (Å²) in [6.45, 7) is 3.70. The van der Waals surface area contributed by atoms with E-state index in [2.05, 4.69) is 5.32 Å². The number of halogens is 1. The minimum atomic E-state index is -1.49. The van der Waals surface area contributed by atoms with Crippen LogP contribution in [0.4, 0.5) is 10.1 Å². The van der Waals surface area contributed by atoms with Crippen molar-refractivity contribution in [2.75, 3.05) is 5.32 Å². The van der Waals surface area contributed by atoms with Gasteiger partial charge >= 0.3 is 0 Å². The van der Waals surface area contributed by atoms with Crippen molar-refractivity contribution in [1.29, 1.82) is 0 Å². The molecule has 0 spiro atoms. The summed E-state index contributed by atoms with van der Waals surface area (Å²) in [6, 6.07) is 14.0. The van der Waals surface area contributed by atoms with E-state index in [0.29, 0.717) is 22.4 Å². The number of hydrogen-bond acceptors (Lipinski definition) is 3. The third kappa shape index (κ3) is 2.39. The van der Waals surface area contributed by atoms with Crippen molar-refractivity contribution in [3.8, 4) is 11.5 Å². The van der Waals surface area contributed by atoms with E-state index in [-0.39, 0.29) is 11.5 Å². The van der Waals surface area contributed by atoms with E-state index < -0.39 is 17.1 Å². The van der Waals surface area contributed by atoms with Gasteiger partial charge in [0.1, 0.15) is 22.7 Å². The molecule has 4 rings (SSSR count). The Balaban J connectivity index is 2.17. The van der Waals surface area contributed by atoms with Crippen LogP contribution in [0.3, 0.4) is 0 Å². The molecular weight excluding hydrogens is 345 g/mol. The van der Waals surface area contributed by atoms with Crippen LogP contribution in [0.15, 0.2) is 54.6 Å². The summed E-state index contributed by atoms with van der Waals surface area (Å²) >= 11 is 0. The van der Waals surface area contributed by atoms with Crippen LogP contribution in [0, 0.1) is 19.7 Å². The summed E-state index contributed by atoms with van der Waals surface area (Å²) in [4.78, 5) is 13.3. The van der Waals surface area contributed by atoms with Gasteiger partial charge in [-0.3, -0.25) is 4.79 Å². The Hall–Kier alpha value is -3.34. The van der Waals surface area contributed by atoms with Crippen LogP contribution in [-0.4, -0.2) is 16.1 Å². The van der Waals surface area contributed by atoms with Gasteiger partial charge in [-0.25, -0.2) is 4.39 Å². The Morgan fingerprint density at radius 1 is 0.815 bits per heavy atom. The lowest BCUT2D eigenvalue weighted by Crippen LogP contribution is -2.37. The van der Waals surface area contributed by atoms with E-state index in [1.54, 1.807) is 24.3 Å². The Kier molecular flexibility index (Phi) is 3.70. The quantitative estimate of drug-likeness (QED) is 0.641. The van der Waals surface area contributed by atoms with Gasteiger partial charge in [-0.2, -0.15) is 0 Å². The molecule has 0 fully saturated rings. The van der Waals surface area contributed by atoms with Crippen molar-refractivity contribution in [3.63, 3.8) is 0 Å². The average Bonchev–Trinajstić information content (AvgIpc) is 2.90. The number of aryl methyl sites for hydroxylation is 2. The molecule has 0 unspecified atom stereocenters. The molecule has 0 saturated heterocycles. The molecular formula is C22H18FNO3. The largest absolute Gasteiger partial charge is 0.508 e. The molecule has 0 radical (unpaired) electrons. The molecule has 3 aromatic rings. The van der Waals surface area contributed by atoms with Gasteiger partial charge in [0, 0.05) is 22.4 Å². The second kappa shape index (κ2) is 5.84. The van der Waals surface area contributed by atoms with E-state index in [4.69, 9.17) is 0 Å². The Labute approximate surface area is 155 Å². The number of fused-ring (bicyclic) bond motifs is 1. The molecule has 3 aromatic carbocycles. The molecule has 136 valence electrons. The van der Waals surface area contributed by atoms with Gasteiger partial charge in [0.25, 0.3) is 0 Å². The predicted molar refractivity (Wildman–Crippen MR) is 101 cm³/mol. The molecule has 1 heterocycles. The number of amides is 1. The molecule has 0 aliphatic carbocycles. The molecule has 4 nitrogen and oxygen atoms in total. The molecule has 1 aliphatic rings. The fourth-order valence-electron chi connectivity index (χ4n) is 3.87. The lowest BCUT2D eigenvalue weighted by Gasteiger charge is -2.30. The normalized spacial score (nSPS) is 14.7. The minimum absolute atomic E-state index is 0.0752. The van der Waals surface area contributed by atoms with Gasteiger partial charge in [-0.05, 0) is 38.1 Å². The summed E-state index contributed by atoms with van der Waals surface area (Å²) in [6.07, 6.45) is 0. The standard InChI is InChI=1S/C22H18FNO3/c1-12-3-7-19(25)16(9-12)22(17-10-13(2)4-8-20(17)26)15-6-5-14(23)11-18(15)24-21(22)27/h3-11,25-26H,1-2H3,(H,24,27). The number of anilines is 1. The van der Waals surface area contributed by atoms with E-state index in [0.717, 1.165) is 11.1 Å². The molecule has 0 atom stereocenters. The highest BCUT2D eigenvalue weighted by atomic mass is 19.1. The molecule has 5 heteroatoms. The lowest BCUT2D eigenvalue weighted by atomic mass is 9.69. The molecule has 27 heavy (non-hydrogen) atoms. The Morgan fingerprint density at radius 3 is 1.93 bits per heavy atom. The molecule has 3 N–H and O–H groups in total. The first kappa shape index (κ1) is 17.1. The number of benzene rings is 3. The van der Waals surface area contributed by atoms with Crippen LogP contribution in [0.2, 0.25) is 0 Å². The fraction of sp³-hybridized carbons (Fsp3) is 0.136. The monoisotopic (exact) mass is 363 g/mol. The van der Waals surface area contributed by atoms with Gasteiger partial charge in [0.05, 0.1) is 0 Å². The summed E-state index contributed by atoms with van der Waals surface area (Å²) in [5, 5.41) is 24.0. The number of hydrogen-bond donors (Lipinski definition) is 3. The Morgan fingerprint density at radius 2 is 1.37 bits per heavy atom. The van der Waals surface area contributed by atoms with Crippen molar-refractivity contribution >= 4 is 11.6 Å². The van der Waals surface area contributed by atoms with E-state index >= 15 is 0 Å². The van der Waals surface area contributed by atoms with E-state index in [9.17, 15) is 19.4 Å². The van der Waals surface area contributed by atoms with Crippen LogP contribution >= 0.6 is 0 Å². The number of phenolic OH excluding ortho intramolecular Hbond substituents is 2. The SMILES string of the molecule is Cc1ccc(O)c(C2(c3cc(C)ccc3O)C(=O)Nc3cc(F)ccc32)c1. The summed E-state index contributed by atoms with van der Waals surface area (Å²) in [7, 11) is 0. The first-order valence-corrected chi connectivity index (χ1v) is 8.55. The molecule has 1 amide bonds. The van der Waals surface area contributed by atoms with Crippen LogP contribution in [0.1, 0.15) is 27.8 Å². The zero-order chi connectivity index (χ0) is 19.3. The van der Waals surface area contributed by atoms with Crippen molar-refractivity contribution < 1.29 is 19.4 Å². The second-order valence-corrected chi connectivity index (χ2v) is 6.94. The third-order valence-corrected chi connectivity index (χ3v) is 5.09. The second-order valence-electron chi connectivity index (χ2n) is 6.94. The zero-order valence-corrected chi connectivity index (χ0v) is 14.9.